The van der Waals surface area contributed by atoms with Crippen molar-refractivity contribution in [1.29, 1.82) is 0 Å². The Bertz CT molecular complexity index is 411. The number of rotatable bonds is 3. The third-order valence-electron chi connectivity index (χ3n) is 3.58. The van der Waals surface area contributed by atoms with Gasteiger partial charge in [0.1, 0.15) is 0 Å². The van der Waals surface area contributed by atoms with Crippen LogP contribution in [0.5, 0.6) is 0 Å². The van der Waals surface area contributed by atoms with E-state index >= 15 is 0 Å². The van der Waals surface area contributed by atoms with Gasteiger partial charge in [-0.05, 0) is 19.4 Å². The number of nitrogens with two attached hydrogens (primary N) is 1. The largest absolute Gasteiger partial charge is 0.377 e. The van der Waals surface area contributed by atoms with Crippen LogP contribution in [-0.4, -0.2) is 36.1 Å². The molecule has 0 spiro atoms. The molecule has 4 nitrogen and oxygen atoms in total. The number of carbonyl (C=O) groups is 1. The van der Waals surface area contributed by atoms with Gasteiger partial charge in [-0.2, -0.15) is 0 Å². The lowest BCUT2D eigenvalue weighted by Crippen LogP contribution is -2.52. The van der Waals surface area contributed by atoms with Crippen molar-refractivity contribution >= 4 is 5.91 Å². The fraction of sp³-hybridized carbons (Fsp3) is 0.533. The molecule has 0 bridgehead atoms. The lowest BCUT2D eigenvalue weighted by atomic mass is 10.0. The van der Waals surface area contributed by atoms with Crippen molar-refractivity contribution in [3.63, 3.8) is 0 Å². The quantitative estimate of drug-likeness (QED) is 0.902. The van der Waals surface area contributed by atoms with Crippen molar-refractivity contribution < 1.29 is 9.53 Å². The minimum absolute atomic E-state index is 0.111. The van der Waals surface area contributed by atoms with Crippen LogP contribution in [0, 0.1) is 0 Å². The summed E-state index contributed by atoms with van der Waals surface area (Å²) in [5.41, 5.74) is 7.12. The second kappa shape index (κ2) is 6.17. The van der Waals surface area contributed by atoms with E-state index in [0.29, 0.717) is 19.6 Å². The molecule has 104 valence electrons. The normalized spacial score (nSPS) is 25.1. The molecule has 0 aromatic heterocycles. The number of nitrogens with zero attached hydrogens (tertiary/aromatic N) is 1. The van der Waals surface area contributed by atoms with E-state index < -0.39 is 0 Å². The van der Waals surface area contributed by atoms with Crippen LogP contribution in [0.1, 0.15) is 31.9 Å². The van der Waals surface area contributed by atoms with E-state index in [0.717, 1.165) is 5.56 Å². The zero-order valence-electron chi connectivity index (χ0n) is 11.6. The Morgan fingerprint density at radius 2 is 1.89 bits per heavy atom. The molecule has 1 aromatic rings. The number of hydrogen-bond acceptors (Lipinski definition) is 3. The van der Waals surface area contributed by atoms with E-state index in [1.165, 1.54) is 0 Å². The number of amides is 1. The first-order valence-corrected chi connectivity index (χ1v) is 6.79. The summed E-state index contributed by atoms with van der Waals surface area (Å²) in [6.07, 6.45) is 0.346. The van der Waals surface area contributed by atoms with Gasteiger partial charge in [0.05, 0.1) is 25.3 Å². The van der Waals surface area contributed by atoms with E-state index in [1.807, 2.05) is 49.1 Å². The number of carbonyl (C=O) groups excluding carboxylic acids is 1. The third-order valence-corrected chi connectivity index (χ3v) is 3.58. The van der Waals surface area contributed by atoms with Gasteiger partial charge >= 0.3 is 0 Å². The molecular formula is C15H22N2O2. The molecule has 1 fully saturated rings. The summed E-state index contributed by atoms with van der Waals surface area (Å²) >= 11 is 0. The van der Waals surface area contributed by atoms with Crippen LogP contribution >= 0.6 is 0 Å². The van der Waals surface area contributed by atoms with Crippen LogP contribution in [0.3, 0.4) is 0 Å². The van der Waals surface area contributed by atoms with Crippen LogP contribution in [0.2, 0.25) is 0 Å². The highest BCUT2D eigenvalue weighted by Gasteiger charge is 2.30. The first-order chi connectivity index (χ1) is 9.09. The molecule has 19 heavy (non-hydrogen) atoms. The zero-order chi connectivity index (χ0) is 13.8. The topological polar surface area (TPSA) is 55.6 Å². The smallest absolute Gasteiger partial charge is 0.225 e. The Kier molecular flexibility index (Phi) is 4.56. The molecule has 2 N–H and O–H groups in total. The van der Waals surface area contributed by atoms with Gasteiger partial charge < -0.3 is 15.4 Å². The van der Waals surface area contributed by atoms with Gasteiger partial charge in [0.2, 0.25) is 5.91 Å². The molecule has 2 rings (SSSR count). The molecule has 0 saturated carbocycles. The van der Waals surface area contributed by atoms with Gasteiger partial charge in [-0.3, -0.25) is 4.79 Å². The summed E-state index contributed by atoms with van der Waals surface area (Å²) in [6, 6.07) is 9.77. The standard InChI is InChI=1S/C15H22N2O2/c1-11-9-19-10-12(2)17(11)15(18)8-14(16)13-6-4-3-5-7-13/h3-7,11-12,14H,8-10,16H2,1-2H3/t11-,12+,14-/m0/s1. The van der Waals surface area contributed by atoms with E-state index in [2.05, 4.69) is 0 Å². The second-order valence-corrected chi connectivity index (χ2v) is 5.26. The van der Waals surface area contributed by atoms with Crippen LogP contribution < -0.4 is 5.73 Å². The predicted octanol–water partition coefficient (Wildman–Crippen LogP) is 1.71. The number of hydrogen-bond donors (Lipinski definition) is 1. The molecule has 1 amide bonds. The van der Waals surface area contributed by atoms with E-state index in [-0.39, 0.29) is 24.0 Å². The molecule has 1 heterocycles. The summed E-state index contributed by atoms with van der Waals surface area (Å²) in [4.78, 5) is 14.3. The van der Waals surface area contributed by atoms with Crippen molar-refractivity contribution in [3.8, 4) is 0 Å². The Labute approximate surface area is 114 Å². The van der Waals surface area contributed by atoms with Gasteiger partial charge in [-0.15, -0.1) is 0 Å². The highest BCUT2D eigenvalue weighted by atomic mass is 16.5. The van der Waals surface area contributed by atoms with Crippen LogP contribution in [-0.2, 0) is 9.53 Å². The number of benzene rings is 1. The Morgan fingerprint density at radius 3 is 2.47 bits per heavy atom. The fourth-order valence-electron chi connectivity index (χ4n) is 2.61. The number of morpholine rings is 1. The predicted molar refractivity (Wildman–Crippen MR) is 74.6 cm³/mol. The fourth-order valence-corrected chi connectivity index (χ4v) is 2.61. The second-order valence-electron chi connectivity index (χ2n) is 5.26. The van der Waals surface area contributed by atoms with Gasteiger partial charge in [0.15, 0.2) is 0 Å². The SMILES string of the molecule is C[C@@H]1COC[C@H](C)N1C(=O)C[C@H](N)c1ccccc1. The summed E-state index contributed by atoms with van der Waals surface area (Å²) in [5, 5.41) is 0. The maximum atomic E-state index is 12.4. The Hall–Kier alpha value is -1.39. The molecule has 1 saturated heterocycles. The highest BCUT2D eigenvalue weighted by molar-refractivity contribution is 5.77. The average Bonchev–Trinajstić information content (AvgIpc) is 2.39. The zero-order valence-corrected chi connectivity index (χ0v) is 11.6. The molecule has 4 heteroatoms. The maximum absolute atomic E-state index is 12.4. The molecule has 0 aliphatic carbocycles. The summed E-state index contributed by atoms with van der Waals surface area (Å²) < 4.78 is 5.44. The van der Waals surface area contributed by atoms with Crippen LogP contribution in [0.15, 0.2) is 30.3 Å². The summed E-state index contributed by atoms with van der Waals surface area (Å²) in [7, 11) is 0. The highest BCUT2D eigenvalue weighted by Crippen LogP contribution is 2.19. The molecule has 1 aromatic carbocycles. The molecule has 0 radical (unpaired) electrons. The van der Waals surface area contributed by atoms with Gasteiger partial charge in [-0.25, -0.2) is 0 Å². The van der Waals surface area contributed by atoms with E-state index in [4.69, 9.17) is 10.5 Å². The van der Waals surface area contributed by atoms with Crippen LogP contribution in [0.25, 0.3) is 0 Å². The minimum atomic E-state index is -0.240. The van der Waals surface area contributed by atoms with E-state index in [9.17, 15) is 4.79 Å². The number of ether oxygens (including phenoxy) is 1. The van der Waals surface area contributed by atoms with Crippen molar-refractivity contribution in [3.05, 3.63) is 35.9 Å². The van der Waals surface area contributed by atoms with Crippen LogP contribution in [0.4, 0.5) is 0 Å². The lowest BCUT2D eigenvalue weighted by molar-refractivity contribution is -0.144. The van der Waals surface area contributed by atoms with Crippen molar-refractivity contribution in [1.82, 2.24) is 4.90 Å². The van der Waals surface area contributed by atoms with Gasteiger partial charge in [-0.1, -0.05) is 30.3 Å². The van der Waals surface area contributed by atoms with E-state index in [1.54, 1.807) is 0 Å². The maximum Gasteiger partial charge on any atom is 0.225 e. The third kappa shape index (κ3) is 3.33. The molecule has 3 atom stereocenters. The lowest BCUT2D eigenvalue weighted by Gasteiger charge is -2.39. The molecule has 1 aliphatic heterocycles. The van der Waals surface area contributed by atoms with Gasteiger partial charge in [0, 0.05) is 12.5 Å². The molecule has 1 aliphatic rings. The Balaban J connectivity index is 2.00. The van der Waals surface area contributed by atoms with Gasteiger partial charge in [0.25, 0.3) is 0 Å². The van der Waals surface area contributed by atoms with Crippen molar-refractivity contribution in [2.45, 2.75) is 38.4 Å². The Morgan fingerprint density at radius 1 is 1.32 bits per heavy atom. The first-order valence-electron chi connectivity index (χ1n) is 6.79. The average molecular weight is 262 g/mol. The minimum Gasteiger partial charge on any atom is -0.377 e. The van der Waals surface area contributed by atoms with Crippen molar-refractivity contribution in [2.24, 2.45) is 5.73 Å². The summed E-state index contributed by atoms with van der Waals surface area (Å²) in [6.45, 7) is 5.25. The molecular weight excluding hydrogens is 240 g/mol. The summed E-state index contributed by atoms with van der Waals surface area (Å²) in [5.74, 6) is 0.111. The van der Waals surface area contributed by atoms with Crippen molar-refractivity contribution in [2.75, 3.05) is 13.2 Å². The molecule has 0 unspecified atom stereocenters. The monoisotopic (exact) mass is 262 g/mol. The first kappa shape index (κ1) is 14.0.